The van der Waals surface area contributed by atoms with E-state index in [0.717, 1.165) is 17.9 Å². The molecule has 0 heterocycles. The maximum Gasteiger partial charge on any atom is 0.328 e. The van der Waals surface area contributed by atoms with Crippen molar-refractivity contribution < 1.29 is 13.9 Å². The monoisotopic (exact) mass is 285 g/mol. The van der Waals surface area contributed by atoms with E-state index in [-0.39, 0.29) is 17.8 Å². The molecular weight excluding hydrogens is 265 g/mol. The summed E-state index contributed by atoms with van der Waals surface area (Å²) in [6.07, 6.45) is 3.67. The minimum Gasteiger partial charge on any atom is -0.464 e. The maximum atomic E-state index is 12.8. The average Bonchev–Trinajstić information content (AvgIpc) is 2.40. The fourth-order valence-electron chi connectivity index (χ4n) is 1.67. The van der Waals surface area contributed by atoms with E-state index in [1.54, 1.807) is 30.8 Å². The van der Waals surface area contributed by atoms with E-state index in [4.69, 9.17) is 4.74 Å². The number of carbonyl (C=O) groups is 1. The first kappa shape index (κ1) is 15.8. The lowest BCUT2D eigenvalue weighted by atomic mass is 10.1. The molecule has 0 saturated heterocycles. The third-order valence-electron chi connectivity index (χ3n) is 2.60. The molecule has 0 aliphatic heterocycles. The standard InChI is InChI=1S/C14H20FNO2S/c1-3-18-14(17)13(5-4-10-19-2)16-12-8-6-11(15)7-9-12/h6-9,13,16H,3-5,10H2,1-2H3. The normalized spacial score (nSPS) is 11.9. The molecular formula is C14H20FNO2S. The number of ether oxygens (including phenoxy) is 1. The number of nitrogens with one attached hydrogen (secondary N) is 1. The van der Waals surface area contributed by atoms with Gasteiger partial charge in [0.1, 0.15) is 11.9 Å². The third kappa shape index (κ3) is 5.96. The summed E-state index contributed by atoms with van der Waals surface area (Å²) in [7, 11) is 0. The zero-order valence-electron chi connectivity index (χ0n) is 11.3. The molecule has 0 saturated carbocycles. The van der Waals surface area contributed by atoms with Crippen LogP contribution in [0.3, 0.4) is 0 Å². The van der Waals surface area contributed by atoms with Crippen LogP contribution < -0.4 is 5.32 Å². The van der Waals surface area contributed by atoms with Crippen molar-refractivity contribution in [1.82, 2.24) is 0 Å². The Kier molecular flexibility index (Phi) is 7.33. The zero-order chi connectivity index (χ0) is 14.1. The predicted octanol–water partition coefficient (Wildman–Crippen LogP) is 3.31. The highest BCUT2D eigenvalue weighted by molar-refractivity contribution is 7.98. The van der Waals surface area contributed by atoms with Crippen LogP contribution in [0.2, 0.25) is 0 Å². The Balaban J connectivity index is 2.61. The SMILES string of the molecule is CCOC(=O)C(CCCSC)Nc1ccc(F)cc1. The predicted molar refractivity (Wildman–Crippen MR) is 78.1 cm³/mol. The molecule has 0 amide bonds. The molecule has 3 nitrogen and oxygen atoms in total. The summed E-state index contributed by atoms with van der Waals surface area (Å²) in [6, 6.07) is 5.60. The van der Waals surface area contributed by atoms with Crippen LogP contribution in [0.1, 0.15) is 19.8 Å². The summed E-state index contributed by atoms with van der Waals surface area (Å²) in [6.45, 7) is 2.15. The Morgan fingerprint density at radius 3 is 2.68 bits per heavy atom. The van der Waals surface area contributed by atoms with E-state index in [1.165, 1.54) is 12.1 Å². The largest absolute Gasteiger partial charge is 0.464 e. The molecule has 1 aromatic carbocycles. The number of esters is 1. The molecule has 0 bridgehead atoms. The topological polar surface area (TPSA) is 38.3 Å². The lowest BCUT2D eigenvalue weighted by Crippen LogP contribution is -2.31. The van der Waals surface area contributed by atoms with Gasteiger partial charge in [0, 0.05) is 5.69 Å². The number of hydrogen-bond acceptors (Lipinski definition) is 4. The van der Waals surface area contributed by atoms with Crippen molar-refractivity contribution in [2.75, 3.05) is 23.9 Å². The molecule has 0 radical (unpaired) electrons. The summed E-state index contributed by atoms with van der Waals surface area (Å²) in [4.78, 5) is 11.8. The summed E-state index contributed by atoms with van der Waals surface area (Å²) in [5.74, 6) is 0.453. The first-order valence-corrected chi connectivity index (χ1v) is 7.74. The molecule has 0 aliphatic rings. The van der Waals surface area contributed by atoms with Crippen LogP contribution in [0, 0.1) is 5.82 Å². The second-order valence-electron chi connectivity index (χ2n) is 4.09. The van der Waals surface area contributed by atoms with E-state index in [0.29, 0.717) is 13.0 Å². The van der Waals surface area contributed by atoms with Gasteiger partial charge >= 0.3 is 5.97 Å². The Morgan fingerprint density at radius 2 is 2.11 bits per heavy atom. The van der Waals surface area contributed by atoms with Gasteiger partial charge < -0.3 is 10.1 Å². The van der Waals surface area contributed by atoms with Crippen molar-refractivity contribution in [3.63, 3.8) is 0 Å². The van der Waals surface area contributed by atoms with Crippen LogP contribution in [0.5, 0.6) is 0 Å². The third-order valence-corrected chi connectivity index (χ3v) is 3.29. The van der Waals surface area contributed by atoms with Crippen LogP contribution in [0.15, 0.2) is 24.3 Å². The molecule has 1 unspecified atom stereocenters. The fourth-order valence-corrected chi connectivity index (χ4v) is 2.13. The number of carbonyl (C=O) groups excluding carboxylic acids is 1. The highest BCUT2D eigenvalue weighted by atomic mass is 32.2. The van der Waals surface area contributed by atoms with E-state index in [1.807, 2.05) is 6.26 Å². The van der Waals surface area contributed by atoms with Crippen molar-refractivity contribution in [3.05, 3.63) is 30.1 Å². The molecule has 1 atom stereocenters. The molecule has 0 spiro atoms. The van der Waals surface area contributed by atoms with Gasteiger partial charge in [-0.2, -0.15) is 11.8 Å². The minimum absolute atomic E-state index is 0.257. The highest BCUT2D eigenvalue weighted by Gasteiger charge is 2.19. The van der Waals surface area contributed by atoms with Crippen LogP contribution in [0.4, 0.5) is 10.1 Å². The van der Waals surface area contributed by atoms with Gasteiger partial charge in [0.05, 0.1) is 6.61 Å². The van der Waals surface area contributed by atoms with Gasteiger partial charge in [-0.15, -0.1) is 0 Å². The minimum atomic E-state index is -0.377. The van der Waals surface area contributed by atoms with Crippen LogP contribution in [-0.4, -0.2) is 30.6 Å². The molecule has 1 N–H and O–H groups in total. The van der Waals surface area contributed by atoms with Gasteiger partial charge in [-0.3, -0.25) is 0 Å². The van der Waals surface area contributed by atoms with Gasteiger partial charge in [-0.05, 0) is 56.0 Å². The van der Waals surface area contributed by atoms with Crippen LogP contribution >= 0.6 is 11.8 Å². The smallest absolute Gasteiger partial charge is 0.328 e. The van der Waals surface area contributed by atoms with Crippen molar-refractivity contribution in [1.29, 1.82) is 0 Å². The summed E-state index contributed by atoms with van der Waals surface area (Å²) >= 11 is 1.75. The molecule has 0 aromatic heterocycles. The van der Waals surface area contributed by atoms with Gasteiger partial charge in [-0.25, -0.2) is 9.18 Å². The lowest BCUT2D eigenvalue weighted by Gasteiger charge is -2.18. The molecule has 0 aliphatic carbocycles. The van der Waals surface area contributed by atoms with Gasteiger partial charge in [0.25, 0.3) is 0 Å². The number of benzene rings is 1. The van der Waals surface area contributed by atoms with E-state index in [2.05, 4.69) is 5.32 Å². The molecule has 106 valence electrons. The molecule has 1 aromatic rings. The van der Waals surface area contributed by atoms with E-state index >= 15 is 0 Å². The molecule has 1 rings (SSSR count). The summed E-state index contributed by atoms with van der Waals surface area (Å²) in [5, 5.41) is 3.10. The van der Waals surface area contributed by atoms with Crippen molar-refractivity contribution >= 4 is 23.4 Å². The van der Waals surface area contributed by atoms with Gasteiger partial charge in [-0.1, -0.05) is 0 Å². The summed E-state index contributed by atoms with van der Waals surface area (Å²) in [5.41, 5.74) is 0.726. The Bertz CT molecular complexity index is 384. The van der Waals surface area contributed by atoms with E-state index in [9.17, 15) is 9.18 Å². The highest BCUT2D eigenvalue weighted by Crippen LogP contribution is 2.14. The average molecular weight is 285 g/mol. The number of hydrogen-bond donors (Lipinski definition) is 1. The number of halogens is 1. The number of thioether (sulfide) groups is 1. The number of anilines is 1. The first-order chi connectivity index (χ1) is 9.17. The van der Waals surface area contributed by atoms with Gasteiger partial charge in [0.15, 0.2) is 0 Å². The Morgan fingerprint density at radius 1 is 1.42 bits per heavy atom. The van der Waals surface area contributed by atoms with Crippen molar-refractivity contribution in [2.24, 2.45) is 0 Å². The summed E-state index contributed by atoms with van der Waals surface area (Å²) < 4.78 is 17.9. The Hall–Kier alpha value is -1.23. The molecule has 19 heavy (non-hydrogen) atoms. The van der Waals surface area contributed by atoms with E-state index < -0.39 is 0 Å². The van der Waals surface area contributed by atoms with Crippen molar-refractivity contribution in [2.45, 2.75) is 25.8 Å². The number of rotatable bonds is 8. The molecule has 0 fully saturated rings. The fraction of sp³-hybridized carbons (Fsp3) is 0.500. The first-order valence-electron chi connectivity index (χ1n) is 6.35. The quantitative estimate of drug-likeness (QED) is 0.587. The second kappa shape index (κ2) is 8.80. The lowest BCUT2D eigenvalue weighted by molar-refractivity contribution is -0.144. The maximum absolute atomic E-state index is 12.8. The Labute approximate surface area is 117 Å². The van der Waals surface area contributed by atoms with Crippen LogP contribution in [0.25, 0.3) is 0 Å². The zero-order valence-corrected chi connectivity index (χ0v) is 12.1. The van der Waals surface area contributed by atoms with Crippen LogP contribution in [-0.2, 0) is 9.53 Å². The molecule has 5 heteroatoms. The second-order valence-corrected chi connectivity index (χ2v) is 5.08. The van der Waals surface area contributed by atoms with Crippen molar-refractivity contribution in [3.8, 4) is 0 Å². The van der Waals surface area contributed by atoms with Gasteiger partial charge in [0.2, 0.25) is 0 Å².